The first kappa shape index (κ1) is 29.2. The molecule has 1 N–H and O–H groups in total. The van der Waals surface area contributed by atoms with Crippen molar-refractivity contribution in [2.75, 3.05) is 0 Å². The molecule has 0 unspecified atom stereocenters. The van der Waals surface area contributed by atoms with Gasteiger partial charge in [-0.3, -0.25) is 14.4 Å². The van der Waals surface area contributed by atoms with Gasteiger partial charge in [0, 0.05) is 23.2 Å². The van der Waals surface area contributed by atoms with Crippen LogP contribution in [-0.4, -0.2) is 41.0 Å². The van der Waals surface area contributed by atoms with Gasteiger partial charge in [0.25, 0.3) is 0 Å². The van der Waals surface area contributed by atoms with Gasteiger partial charge in [-0.2, -0.15) is 0 Å². The predicted octanol–water partition coefficient (Wildman–Crippen LogP) is 6.68. The maximum absolute atomic E-state index is 12.9. The number of hydrogen-bond acceptors (Lipinski definition) is 6. The summed E-state index contributed by atoms with van der Waals surface area (Å²) in [6.45, 7) is 18.3. The fourth-order valence-electron chi connectivity index (χ4n) is 11.5. The number of carbonyl (C=O) groups is 3. The SMILES string of the molecule is C[C@@H]1C[C@@]2(OC(=O)[C@@H](C)[C@@H]2C)O[C@@H]2CC3=C(CC[C@H]4C(C)(C)[C@H](OC(=O)CC(=O)O)CC[C@]34C)[C@]3(C)CC[C@H]1[C@@]23C. The zero-order chi connectivity index (χ0) is 29.9. The maximum Gasteiger partial charge on any atom is 0.317 e. The number of allylic oxidation sites excluding steroid dienone is 1. The van der Waals surface area contributed by atoms with Crippen LogP contribution in [0, 0.1) is 51.2 Å². The molecule has 0 aromatic rings. The van der Waals surface area contributed by atoms with Crippen LogP contribution in [-0.2, 0) is 28.6 Å². The number of carbonyl (C=O) groups excluding carboxylic acids is 2. The molecule has 41 heavy (non-hydrogen) atoms. The van der Waals surface area contributed by atoms with E-state index in [2.05, 4.69) is 48.5 Å². The fourth-order valence-corrected chi connectivity index (χ4v) is 11.5. The van der Waals surface area contributed by atoms with E-state index < -0.39 is 24.1 Å². The Bertz CT molecular complexity index is 1200. The molecule has 228 valence electrons. The van der Waals surface area contributed by atoms with Crippen LogP contribution in [0.4, 0.5) is 0 Å². The van der Waals surface area contributed by atoms with E-state index in [1.807, 2.05) is 6.92 Å². The number of carboxylic acids is 1. The second-order valence-electron chi connectivity index (χ2n) is 15.9. The summed E-state index contributed by atoms with van der Waals surface area (Å²) in [6, 6.07) is 0. The van der Waals surface area contributed by atoms with Crippen molar-refractivity contribution in [1.29, 1.82) is 0 Å². The Hall–Kier alpha value is -1.89. The molecule has 6 aliphatic rings. The van der Waals surface area contributed by atoms with E-state index in [-0.39, 0.29) is 51.7 Å². The second-order valence-corrected chi connectivity index (χ2v) is 15.9. The number of hydrogen-bond donors (Lipinski definition) is 1. The van der Waals surface area contributed by atoms with Gasteiger partial charge >= 0.3 is 17.9 Å². The third-order valence-corrected chi connectivity index (χ3v) is 14.1. The van der Waals surface area contributed by atoms with E-state index in [1.54, 1.807) is 5.57 Å². The lowest BCUT2D eigenvalue weighted by Gasteiger charge is -2.63. The highest BCUT2D eigenvalue weighted by Gasteiger charge is 2.70. The Labute approximate surface area is 245 Å². The van der Waals surface area contributed by atoms with Crippen LogP contribution in [0.3, 0.4) is 0 Å². The van der Waals surface area contributed by atoms with E-state index in [9.17, 15) is 14.4 Å². The zero-order valence-corrected chi connectivity index (χ0v) is 26.3. The van der Waals surface area contributed by atoms with E-state index in [0.717, 1.165) is 44.9 Å². The van der Waals surface area contributed by atoms with Crippen molar-refractivity contribution in [2.24, 2.45) is 51.2 Å². The molecule has 7 heteroatoms. The number of esters is 2. The molecule has 4 fully saturated rings. The normalized spacial score (nSPS) is 50.0. The number of fused-ring (bicyclic) bond motifs is 3. The molecule has 0 amide bonds. The lowest BCUT2D eigenvalue weighted by atomic mass is 9.42. The molecular formula is C34H50O7. The first-order valence-corrected chi connectivity index (χ1v) is 16.1. The van der Waals surface area contributed by atoms with E-state index in [4.69, 9.17) is 19.3 Å². The molecular weight excluding hydrogens is 520 g/mol. The topological polar surface area (TPSA) is 99.1 Å². The van der Waals surface area contributed by atoms with Gasteiger partial charge in [-0.1, -0.05) is 66.5 Å². The zero-order valence-electron chi connectivity index (χ0n) is 26.3. The van der Waals surface area contributed by atoms with E-state index in [1.165, 1.54) is 12.0 Å². The average Bonchev–Trinajstić information content (AvgIpc) is 3.23. The van der Waals surface area contributed by atoms with Crippen molar-refractivity contribution in [3.05, 3.63) is 11.1 Å². The standard InChI is InChI=1S/C34H50O7/c1-18-17-34(20(3)19(2)29(38)41-34)40-26-15-23-22(32(7)14-11-21(18)33(26,32)8)9-10-24-30(4,5)25(12-13-31(23,24)6)39-28(37)16-27(35)36/h18-21,24-26H,9-17H2,1-8H3,(H,35,36)/t18-,19+,20+,21-,24+,25-,26-,31-,32+,33+,34+/m1/s1. The molecule has 6 rings (SSSR count). The van der Waals surface area contributed by atoms with E-state index in [0.29, 0.717) is 17.8 Å². The molecule has 0 aromatic heterocycles. The Morgan fingerprint density at radius 2 is 1.71 bits per heavy atom. The summed E-state index contributed by atoms with van der Waals surface area (Å²) in [4.78, 5) is 36.4. The number of rotatable bonds is 3. The summed E-state index contributed by atoms with van der Waals surface area (Å²) in [7, 11) is 0. The highest BCUT2D eigenvalue weighted by atomic mass is 16.7. The van der Waals surface area contributed by atoms with Crippen LogP contribution >= 0.6 is 0 Å². The molecule has 0 radical (unpaired) electrons. The molecule has 1 spiro atoms. The van der Waals surface area contributed by atoms with Gasteiger partial charge in [0.15, 0.2) is 0 Å². The van der Waals surface area contributed by atoms with Gasteiger partial charge in [0.2, 0.25) is 5.79 Å². The Balaban J connectivity index is 1.39. The van der Waals surface area contributed by atoms with Gasteiger partial charge in [-0.15, -0.1) is 0 Å². The highest BCUT2D eigenvalue weighted by molar-refractivity contribution is 5.90. The molecule has 0 bridgehead atoms. The highest BCUT2D eigenvalue weighted by Crippen LogP contribution is 2.74. The largest absolute Gasteiger partial charge is 0.481 e. The minimum atomic E-state index is -1.15. The van der Waals surface area contributed by atoms with Gasteiger partial charge in [0.05, 0.1) is 12.0 Å². The molecule has 2 saturated heterocycles. The van der Waals surface area contributed by atoms with Crippen molar-refractivity contribution in [3.8, 4) is 0 Å². The van der Waals surface area contributed by atoms with Crippen LogP contribution < -0.4 is 0 Å². The minimum Gasteiger partial charge on any atom is -0.481 e. The summed E-state index contributed by atoms with van der Waals surface area (Å²) in [5.41, 5.74) is 2.83. The second kappa shape index (κ2) is 9.06. The summed E-state index contributed by atoms with van der Waals surface area (Å²) in [5.74, 6) is -1.75. The quantitative estimate of drug-likeness (QED) is 0.229. The first-order chi connectivity index (χ1) is 19.0. The fraction of sp³-hybridized carbons (Fsp3) is 0.853. The first-order valence-electron chi connectivity index (χ1n) is 16.1. The molecule has 7 nitrogen and oxygen atoms in total. The predicted molar refractivity (Wildman–Crippen MR) is 152 cm³/mol. The molecule has 2 saturated carbocycles. The number of carboxylic acid groups (broad SMARTS) is 1. The van der Waals surface area contributed by atoms with Gasteiger partial charge in [-0.05, 0) is 73.5 Å². The van der Waals surface area contributed by atoms with Crippen LogP contribution in [0.5, 0.6) is 0 Å². The van der Waals surface area contributed by atoms with Crippen LogP contribution in [0.1, 0.15) is 113 Å². The van der Waals surface area contributed by atoms with Crippen molar-refractivity contribution in [2.45, 2.75) is 131 Å². The lowest BCUT2D eigenvalue weighted by molar-refractivity contribution is -0.269. The Morgan fingerprint density at radius 3 is 2.34 bits per heavy atom. The lowest BCUT2D eigenvalue weighted by Crippen LogP contribution is -2.59. The minimum absolute atomic E-state index is 0.00561. The van der Waals surface area contributed by atoms with Crippen LogP contribution in [0.2, 0.25) is 0 Å². The number of aliphatic carboxylic acids is 1. The van der Waals surface area contributed by atoms with Crippen LogP contribution in [0.25, 0.3) is 0 Å². The number of ether oxygens (including phenoxy) is 3. The summed E-state index contributed by atoms with van der Waals surface area (Å²) < 4.78 is 19.3. The Morgan fingerprint density at radius 1 is 1.00 bits per heavy atom. The van der Waals surface area contributed by atoms with Gasteiger partial charge < -0.3 is 19.3 Å². The van der Waals surface area contributed by atoms with Crippen molar-refractivity contribution in [3.63, 3.8) is 0 Å². The Kier molecular flexibility index (Phi) is 6.45. The monoisotopic (exact) mass is 570 g/mol. The average molecular weight is 571 g/mol. The molecule has 4 aliphatic carbocycles. The van der Waals surface area contributed by atoms with E-state index >= 15 is 0 Å². The van der Waals surface area contributed by atoms with Crippen molar-refractivity contribution >= 4 is 17.9 Å². The van der Waals surface area contributed by atoms with Gasteiger partial charge in [0.1, 0.15) is 12.5 Å². The third-order valence-electron chi connectivity index (χ3n) is 14.1. The summed E-state index contributed by atoms with van der Waals surface area (Å²) >= 11 is 0. The summed E-state index contributed by atoms with van der Waals surface area (Å²) in [5, 5.41) is 9.10. The smallest absolute Gasteiger partial charge is 0.317 e. The molecule has 2 aliphatic heterocycles. The van der Waals surface area contributed by atoms with Gasteiger partial charge in [-0.25, -0.2) is 0 Å². The maximum atomic E-state index is 12.9. The molecule has 11 atom stereocenters. The van der Waals surface area contributed by atoms with Crippen LogP contribution in [0.15, 0.2) is 11.1 Å². The summed E-state index contributed by atoms with van der Waals surface area (Å²) in [6.07, 6.45) is 6.74. The van der Waals surface area contributed by atoms with Crippen molar-refractivity contribution < 1.29 is 33.7 Å². The third kappa shape index (κ3) is 3.75. The molecule has 0 aromatic carbocycles. The molecule has 2 heterocycles. The van der Waals surface area contributed by atoms with Crippen molar-refractivity contribution in [1.82, 2.24) is 0 Å².